The average Bonchev–Trinajstić information content (AvgIpc) is 3.23. The maximum Gasteiger partial charge on any atom is 0.254 e. The fraction of sp³-hybridized carbons (Fsp3) is 0.250. The van der Waals surface area contributed by atoms with E-state index in [1.54, 1.807) is 23.0 Å². The lowest BCUT2D eigenvalue weighted by atomic mass is 10.2. The number of hydrogen-bond donors (Lipinski definition) is 2. The van der Waals surface area contributed by atoms with Crippen molar-refractivity contribution in [2.24, 2.45) is 0 Å². The molecule has 124 valence electrons. The maximum absolute atomic E-state index is 12.2. The van der Waals surface area contributed by atoms with Crippen molar-refractivity contribution in [3.8, 4) is 5.69 Å². The second-order valence-electron chi connectivity index (χ2n) is 5.63. The van der Waals surface area contributed by atoms with Crippen molar-refractivity contribution in [2.45, 2.75) is 26.3 Å². The van der Waals surface area contributed by atoms with Crippen LogP contribution in [0.15, 0.2) is 36.7 Å². The third-order valence-corrected chi connectivity index (χ3v) is 3.67. The second-order valence-corrected chi connectivity index (χ2v) is 6.06. The van der Waals surface area contributed by atoms with Crippen molar-refractivity contribution in [1.29, 1.82) is 0 Å². The van der Waals surface area contributed by atoms with Gasteiger partial charge in [0.15, 0.2) is 5.82 Å². The van der Waals surface area contributed by atoms with E-state index in [4.69, 9.17) is 11.6 Å². The Bertz CT molecular complexity index is 836. The van der Waals surface area contributed by atoms with Crippen LogP contribution in [-0.4, -0.2) is 30.9 Å². The van der Waals surface area contributed by atoms with E-state index in [-0.39, 0.29) is 18.4 Å². The first-order valence-corrected chi connectivity index (χ1v) is 7.90. The molecule has 3 rings (SSSR count). The van der Waals surface area contributed by atoms with Crippen LogP contribution in [0.2, 0.25) is 5.02 Å². The van der Waals surface area contributed by atoms with Gasteiger partial charge in [-0.3, -0.25) is 9.89 Å². The van der Waals surface area contributed by atoms with Gasteiger partial charge in [-0.1, -0.05) is 25.4 Å². The topological polar surface area (TPSA) is 88.5 Å². The van der Waals surface area contributed by atoms with Gasteiger partial charge in [0.05, 0.1) is 24.0 Å². The minimum absolute atomic E-state index is 0.224. The summed E-state index contributed by atoms with van der Waals surface area (Å²) in [6.07, 6.45) is 3.18. The number of carbonyl (C=O) groups excluding carboxylic acids is 1. The van der Waals surface area contributed by atoms with Gasteiger partial charge < -0.3 is 5.32 Å². The van der Waals surface area contributed by atoms with Crippen LogP contribution >= 0.6 is 11.6 Å². The van der Waals surface area contributed by atoms with Gasteiger partial charge in [-0.05, 0) is 24.3 Å². The molecule has 0 saturated carbocycles. The molecule has 0 saturated heterocycles. The summed E-state index contributed by atoms with van der Waals surface area (Å²) < 4.78 is 1.62. The number of nitrogens with one attached hydrogen (secondary N) is 2. The third kappa shape index (κ3) is 3.62. The molecular formula is C16H17ClN6O. The molecule has 1 aromatic carbocycles. The highest BCUT2D eigenvalue weighted by Crippen LogP contribution is 2.13. The van der Waals surface area contributed by atoms with Gasteiger partial charge in [0.1, 0.15) is 5.82 Å². The minimum atomic E-state index is -0.224. The lowest BCUT2D eigenvalue weighted by Gasteiger charge is -2.01. The molecule has 2 heterocycles. The van der Waals surface area contributed by atoms with Crippen LogP contribution in [0.25, 0.3) is 5.69 Å². The molecule has 1 amide bonds. The Balaban J connectivity index is 1.64. The van der Waals surface area contributed by atoms with E-state index in [0.717, 1.165) is 11.5 Å². The Morgan fingerprint density at radius 3 is 2.75 bits per heavy atom. The zero-order chi connectivity index (χ0) is 17.1. The van der Waals surface area contributed by atoms with Gasteiger partial charge >= 0.3 is 0 Å². The number of nitrogens with zero attached hydrogens (tertiary/aromatic N) is 4. The van der Waals surface area contributed by atoms with Crippen LogP contribution in [0.3, 0.4) is 0 Å². The summed E-state index contributed by atoms with van der Waals surface area (Å²) in [6, 6.07) is 7.21. The number of benzene rings is 1. The molecule has 2 aromatic heterocycles. The fourth-order valence-electron chi connectivity index (χ4n) is 2.09. The first-order valence-electron chi connectivity index (χ1n) is 7.53. The summed E-state index contributed by atoms with van der Waals surface area (Å²) in [6.45, 7) is 4.30. The van der Waals surface area contributed by atoms with Gasteiger partial charge in [-0.25, -0.2) is 9.67 Å². The monoisotopic (exact) mass is 344 g/mol. The number of amides is 1. The summed E-state index contributed by atoms with van der Waals surface area (Å²) >= 11 is 5.87. The zero-order valence-electron chi connectivity index (χ0n) is 13.3. The number of halogens is 1. The van der Waals surface area contributed by atoms with Crippen LogP contribution in [0.4, 0.5) is 0 Å². The molecule has 24 heavy (non-hydrogen) atoms. The largest absolute Gasteiger partial charge is 0.345 e. The SMILES string of the molecule is CC(C)c1n[nH]c(CNC(=O)c2cnn(-c3ccc(Cl)cc3)c2)n1. The number of aromatic nitrogens is 5. The first-order chi connectivity index (χ1) is 11.5. The summed E-state index contributed by atoms with van der Waals surface area (Å²) in [5.41, 5.74) is 1.30. The van der Waals surface area contributed by atoms with Crippen LogP contribution < -0.4 is 5.32 Å². The zero-order valence-corrected chi connectivity index (χ0v) is 14.1. The summed E-state index contributed by atoms with van der Waals surface area (Å²) in [5, 5.41) is 14.6. The van der Waals surface area contributed by atoms with E-state index in [1.807, 2.05) is 26.0 Å². The van der Waals surface area contributed by atoms with Crippen LogP contribution in [-0.2, 0) is 6.54 Å². The molecule has 0 aliphatic rings. The molecule has 0 aliphatic heterocycles. The molecule has 7 nitrogen and oxygen atoms in total. The lowest BCUT2D eigenvalue weighted by Crippen LogP contribution is -2.23. The third-order valence-electron chi connectivity index (χ3n) is 3.42. The van der Waals surface area contributed by atoms with E-state index >= 15 is 0 Å². The fourth-order valence-corrected chi connectivity index (χ4v) is 2.21. The normalized spacial score (nSPS) is 11.0. The van der Waals surface area contributed by atoms with E-state index in [0.29, 0.717) is 16.4 Å². The summed E-state index contributed by atoms with van der Waals surface area (Å²) in [4.78, 5) is 16.5. The molecule has 0 aliphatic carbocycles. The van der Waals surface area contributed by atoms with Crippen LogP contribution in [0, 0.1) is 0 Å². The van der Waals surface area contributed by atoms with Gasteiger partial charge in [-0.15, -0.1) is 0 Å². The molecule has 3 aromatic rings. The Morgan fingerprint density at radius 1 is 1.33 bits per heavy atom. The molecule has 0 radical (unpaired) electrons. The molecule has 8 heteroatoms. The predicted octanol–water partition coefficient (Wildman–Crippen LogP) is 2.70. The molecule has 2 N–H and O–H groups in total. The Labute approximate surface area is 144 Å². The van der Waals surface area contributed by atoms with E-state index < -0.39 is 0 Å². The summed E-state index contributed by atoms with van der Waals surface area (Å²) in [7, 11) is 0. The number of carbonyl (C=O) groups is 1. The number of aromatic amines is 1. The molecule has 0 unspecified atom stereocenters. The number of rotatable bonds is 5. The van der Waals surface area contributed by atoms with Gasteiger partial charge in [0.25, 0.3) is 5.91 Å². The Hall–Kier alpha value is -2.67. The van der Waals surface area contributed by atoms with Gasteiger partial charge in [-0.2, -0.15) is 10.2 Å². The lowest BCUT2D eigenvalue weighted by molar-refractivity contribution is 0.0950. The van der Waals surface area contributed by atoms with Crippen LogP contribution in [0.5, 0.6) is 0 Å². The smallest absolute Gasteiger partial charge is 0.254 e. The maximum atomic E-state index is 12.2. The first kappa shape index (κ1) is 16.2. The highest BCUT2D eigenvalue weighted by molar-refractivity contribution is 6.30. The molecule has 0 bridgehead atoms. The van der Waals surface area contributed by atoms with Gasteiger partial charge in [0.2, 0.25) is 0 Å². The standard InChI is InChI=1S/C16H17ClN6O/c1-10(2)15-20-14(21-22-15)8-18-16(24)11-7-19-23(9-11)13-5-3-12(17)4-6-13/h3-7,9-10H,8H2,1-2H3,(H,18,24)(H,20,21,22). The number of hydrogen-bond acceptors (Lipinski definition) is 4. The molecule has 0 spiro atoms. The Morgan fingerprint density at radius 2 is 2.08 bits per heavy atom. The van der Waals surface area contributed by atoms with E-state index in [2.05, 4.69) is 25.6 Å². The van der Waals surface area contributed by atoms with Gasteiger partial charge in [0, 0.05) is 17.1 Å². The second kappa shape index (κ2) is 6.84. The summed E-state index contributed by atoms with van der Waals surface area (Å²) in [5.74, 6) is 1.37. The van der Waals surface area contributed by atoms with Crippen molar-refractivity contribution < 1.29 is 4.79 Å². The molecule has 0 atom stereocenters. The molecule has 0 fully saturated rings. The highest BCUT2D eigenvalue weighted by atomic mass is 35.5. The van der Waals surface area contributed by atoms with E-state index in [9.17, 15) is 4.79 Å². The predicted molar refractivity (Wildman–Crippen MR) is 90.2 cm³/mol. The van der Waals surface area contributed by atoms with Crippen molar-refractivity contribution in [3.05, 3.63) is 58.9 Å². The van der Waals surface area contributed by atoms with Crippen molar-refractivity contribution >= 4 is 17.5 Å². The number of H-pyrrole nitrogens is 1. The average molecular weight is 345 g/mol. The Kier molecular flexibility index (Phi) is 4.61. The van der Waals surface area contributed by atoms with E-state index in [1.165, 1.54) is 6.20 Å². The quantitative estimate of drug-likeness (QED) is 0.744. The molecular weight excluding hydrogens is 328 g/mol. The highest BCUT2D eigenvalue weighted by Gasteiger charge is 2.11. The van der Waals surface area contributed by atoms with Crippen molar-refractivity contribution in [3.63, 3.8) is 0 Å². The van der Waals surface area contributed by atoms with Crippen molar-refractivity contribution in [1.82, 2.24) is 30.3 Å². The van der Waals surface area contributed by atoms with Crippen LogP contribution in [0.1, 0.15) is 41.8 Å². The minimum Gasteiger partial charge on any atom is -0.345 e. The van der Waals surface area contributed by atoms with Crippen molar-refractivity contribution in [2.75, 3.05) is 0 Å².